The van der Waals surface area contributed by atoms with Gasteiger partial charge in [0.2, 0.25) is 0 Å². The van der Waals surface area contributed by atoms with E-state index in [4.69, 9.17) is 0 Å². The summed E-state index contributed by atoms with van der Waals surface area (Å²) in [6, 6.07) is 8.31. The summed E-state index contributed by atoms with van der Waals surface area (Å²) in [5.41, 5.74) is -0.113. The second-order valence-corrected chi connectivity index (χ2v) is 6.69. The lowest BCUT2D eigenvalue weighted by molar-refractivity contribution is -0.138. The summed E-state index contributed by atoms with van der Waals surface area (Å²) < 4.78 is 41.4. The fraction of sp³-hybridized carbons (Fsp3) is 0.526. The topological polar surface area (TPSA) is 21.1 Å². The van der Waals surface area contributed by atoms with Crippen LogP contribution in [0.25, 0.3) is 0 Å². The Kier molecular flexibility index (Phi) is 5.78. The van der Waals surface area contributed by atoms with Gasteiger partial charge in [-0.3, -0.25) is 9.58 Å². The number of aromatic nitrogens is 2. The number of hydrogen-bond donors (Lipinski definition) is 0. The van der Waals surface area contributed by atoms with Crippen LogP contribution in [0, 0.1) is 0 Å². The molecule has 1 aromatic heterocycles. The lowest BCUT2D eigenvalue weighted by atomic mass is 10.1. The van der Waals surface area contributed by atoms with E-state index >= 15 is 0 Å². The molecule has 2 aromatic rings. The van der Waals surface area contributed by atoms with Crippen molar-refractivity contribution in [1.82, 2.24) is 14.7 Å². The second kappa shape index (κ2) is 8.04. The monoisotopic (exact) mass is 351 g/mol. The Morgan fingerprint density at radius 2 is 1.88 bits per heavy atom. The van der Waals surface area contributed by atoms with Crippen molar-refractivity contribution in [1.29, 1.82) is 0 Å². The van der Waals surface area contributed by atoms with Gasteiger partial charge in [-0.1, -0.05) is 24.6 Å². The standard InChI is InChI=1S/C19H24F3N3/c20-19(21,22)18-8-3-2-7-16(18)15-24(17-9-10-17)12-4-1-5-13-25-14-6-11-23-25/h2-3,6-8,11,14,17H,1,4-5,9-10,12-13,15H2. The van der Waals surface area contributed by atoms with E-state index in [0.29, 0.717) is 18.2 Å². The molecule has 25 heavy (non-hydrogen) atoms. The lowest BCUT2D eigenvalue weighted by Crippen LogP contribution is -2.28. The first-order chi connectivity index (χ1) is 12.0. The summed E-state index contributed by atoms with van der Waals surface area (Å²) in [6.45, 7) is 2.14. The van der Waals surface area contributed by atoms with E-state index < -0.39 is 11.7 Å². The highest BCUT2D eigenvalue weighted by Gasteiger charge is 2.35. The van der Waals surface area contributed by atoms with Gasteiger partial charge in [0, 0.05) is 31.5 Å². The minimum atomic E-state index is -4.28. The van der Waals surface area contributed by atoms with Gasteiger partial charge in [-0.25, -0.2) is 0 Å². The van der Waals surface area contributed by atoms with Crippen molar-refractivity contribution in [2.24, 2.45) is 0 Å². The number of unbranched alkanes of at least 4 members (excludes halogenated alkanes) is 2. The highest BCUT2D eigenvalue weighted by atomic mass is 19.4. The Labute approximate surface area is 146 Å². The summed E-state index contributed by atoms with van der Waals surface area (Å²) in [4.78, 5) is 2.22. The Morgan fingerprint density at radius 1 is 1.08 bits per heavy atom. The van der Waals surface area contributed by atoms with Crippen LogP contribution in [0.4, 0.5) is 13.2 Å². The molecule has 0 N–H and O–H groups in total. The van der Waals surface area contributed by atoms with Crippen molar-refractivity contribution >= 4 is 0 Å². The SMILES string of the molecule is FC(F)(F)c1ccccc1CN(CCCCCn1cccn1)C1CC1. The van der Waals surface area contributed by atoms with Gasteiger partial charge in [-0.15, -0.1) is 0 Å². The van der Waals surface area contributed by atoms with E-state index in [9.17, 15) is 13.2 Å². The number of aryl methyl sites for hydroxylation is 1. The van der Waals surface area contributed by atoms with Crippen LogP contribution in [0.5, 0.6) is 0 Å². The Balaban J connectivity index is 1.50. The molecular formula is C19H24F3N3. The van der Waals surface area contributed by atoms with Crippen LogP contribution < -0.4 is 0 Å². The zero-order valence-corrected chi connectivity index (χ0v) is 14.3. The van der Waals surface area contributed by atoms with E-state index in [1.54, 1.807) is 18.3 Å². The number of halogens is 3. The number of hydrogen-bond acceptors (Lipinski definition) is 2. The Hall–Kier alpha value is -1.82. The normalized spacial score (nSPS) is 15.0. The van der Waals surface area contributed by atoms with E-state index in [1.807, 2.05) is 16.9 Å². The molecule has 6 heteroatoms. The molecule has 1 heterocycles. The molecule has 0 radical (unpaired) electrons. The third-order valence-corrected chi connectivity index (χ3v) is 4.65. The van der Waals surface area contributed by atoms with E-state index in [1.165, 1.54) is 12.1 Å². The van der Waals surface area contributed by atoms with Crippen molar-refractivity contribution < 1.29 is 13.2 Å². The predicted molar refractivity (Wildman–Crippen MR) is 91.0 cm³/mol. The molecule has 0 unspecified atom stereocenters. The fourth-order valence-corrected chi connectivity index (χ4v) is 3.18. The molecule has 0 saturated heterocycles. The fourth-order valence-electron chi connectivity index (χ4n) is 3.18. The average molecular weight is 351 g/mol. The van der Waals surface area contributed by atoms with Gasteiger partial charge in [0.1, 0.15) is 0 Å². The van der Waals surface area contributed by atoms with Gasteiger partial charge >= 0.3 is 6.18 Å². The number of rotatable bonds is 9. The molecule has 3 rings (SSSR count). The molecule has 1 saturated carbocycles. The number of nitrogens with zero attached hydrogens (tertiary/aromatic N) is 3. The van der Waals surface area contributed by atoms with Gasteiger partial charge in [0.15, 0.2) is 0 Å². The van der Waals surface area contributed by atoms with Crippen molar-refractivity contribution in [2.45, 2.75) is 57.4 Å². The van der Waals surface area contributed by atoms with Crippen molar-refractivity contribution in [2.75, 3.05) is 6.54 Å². The highest BCUT2D eigenvalue weighted by molar-refractivity contribution is 5.29. The van der Waals surface area contributed by atoms with Gasteiger partial charge in [-0.05, 0) is 49.9 Å². The van der Waals surface area contributed by atoms with Gasteiger partial charge in [0.25, 0.3) is 0 Å². The first kappa shape index (κ1) is 18.0. The van der Waals surface area contributed by atoms with Crippen LogP contribution >= 0.6 is 0 Å². The van der Waals surface area contributed by atoms with E-state index in [0.717, 1.165) is 45.2 Å². The maximum Gasteiger partial charge on any atom is 0.416 e. The van der Waals surface area contributed by atoms with Crippen LogP contribution in [0.3, 0.4) is 0 Å². The molecule has 1 fully saturated rings. The highest BCUT2D eigenvalue weighted by Crippen LogP contribution is 2.34. The third kappa shape index (κ3) is 5.33. The number of alkyl halides is 3. The van der Waals surface area contributed by atoms with E-state index in [2.05, 4.69) is 10.00 Å². The van der Waals surface area contributed by atoms with Crippen LogP contribution in [-0.2, 0) is 19.3 Å². The van der Waals surface area contributed by atoms with Gasteiger partial charge in [-0.2, -0.15) is 18.3 Å². The summed E-state index contributed by atoms with van der Waals surface area (Å²) in [7, 11) is 0. The zero-order chi connectivity index (χ0) is 17.7. The molecule has 0 atom stereocenters. The van der Waals surface area contributed by atoms with E-state index in [-0.39, 0.29) is 0 Å². The van der Waals surface area contributed by atoms with Crippen molar-refractivity contribution in [3.63, 3.8) is 0 Å². The van der Waals surface area contributed by atoms with Crippen molar-refractivity contribution in [3.8, 4) is 0 Å². The predicted octanol–water partition coefficient (Wildman–Crippen LogP) is 4.74. The number of benzene rings is 1. The Morgan fingerprint density at radius 3 is 2.56 bits per heavy atom. The van der Waals surface area contributed by atoms with Crippen LogP contribution in [0.15, 0.2) is 42.7 Å². The molecule has 1 aliphatic rings. The quantitative estimate of drug-likeness (QED) is 0.609. The smallest absolute Gasteiger partial charge is 0.296 e. The summed E-state index contributed by atoms with van der Waals surface area (Å²) >= 11 is 0. The summed E-state index contributed by atoms with van der Waals surface area (Å²) in [6.07, 6.45) is 4.74. The molecule has 3 nitrogen and oxygen atoms in total. The minimum Gasteiger partial charge on any atom is -0.296 e. The Bertz CT molecular complexity index is 648. The summed E-state index contributed by atoms with van der Waals surface area (Å²) in [5.74, 6) is 0. The van der Waals surface area contributed by atoms with Crippen molar-refractivity contribution in [3.05, 3.63) is 53.9 Å². The minimum absolute atomic E-state index is 0.387. The van der Waals surface area contributed by atoms with Crippen LogP contribution in [0.2, 0.25) is 0 Å². The molecule has 1 aliphatic carbocycles. The first-order valence-corrected chi connectivity index (χ1v) is 8.90. The first-order valence-electron chi connectivity index (χ1n) is 8.90. The molecule has 136 valence electrons. The summed E-state index contributed by atoms with van der Waals surface area (Å²) in [5, 5.41) is 4.18. The largest absolute Gasteiger partial charge is 0.416 e. The van der Waals surface area contributed by atoms with Crippen LogP contribution in [0.1, 0.15) is 43.2 Å². The maximum atomic E-state index is 13.2. The third-order valence-electron chi connectivity index (χ3n) is 4.65. The molecule has 0 spiro atoms. The van der Waals surface area contributed by atoms with Gasteiger partial charge < -0.3 is 0 Å². The second-order valence-electron chi connectivity index (χ2n) is 6.69. The molecule has 1 aromatic carbocycles. The average Bonchev–Trinajstić information content (AvgIpc) is 3.29. The maximum absolute atomic E-state index is 13.2. The molecular weight excluding hydrogens is 327 g/mol. The van der Waals surface area contributed by atoms with Gasteiger partial charge in [0.05, 0.1) is 5.56 Å². The molecule has 0 amide bonds. The lowest BCUT2D eigenvalue weighted by Gasteiger charge is -2.24. The molecule has 0 bridgehead atoms. The zero-order valence-electron chi connectivity index (χ0n) is 14.3. The molecule has 0 aliphatic heterocycles. The van der Waals surface area contributed by atoms with Crippen LogP contribution in [-0.4, -0.2) is 27.3 Å².